The molecule has 4 heteroatoms. The second-order valence-corrected chi connectivity index (χ2v) is 4.06. The lowest BCUT2D eigenvalue weighted by atomic mass is 10.2. The minimum Gasteiger partial charge on any atom is -0.246 e. The Labute approximate surface area is 97.8 Å². The maximum Gasteiger partial charge on any atom is 0.168 e. The first kappa shape index (κ1) is 9.42. The van der Waals surface area contributed by atoms with Crippen LogP contribution in [0.5, 0.6) is 0 Å². The molecule has 2 heterocycles. The topological polar surface area (TPSA) is 39.4 Å². The Balaban J connectivity index is 2.04. The number of aromatic nitrogens is 1. The second kappa shape index (κ2) is 3.98. The fourth-order valence-electron chi connectivity index (χ4n) is 1.46. The van der Waals surface area contributed by atoms with E-state index in [0.717, 1.165) is 22.1 Å². The zero-order valence-corrected chi connectivity index (χ0v) is 9.19. The molecule has 1 aromatic carbocycles. The molecule has 0 atom stereocenters. The quantitative estimate of drug-likeness (QED) is 0.701. The molecular formula is C12H8N3S. The third-order valence-electron chi connectivity index (χ3n) is 2.23. The minimum absolute atomic E-state index is 0.756. The Morgan fingerprint density at radius 3 is 2.69 bits per heavy atom. The zero-order chi connectivity index (χ0) is 10.8. The maximum atomic E-state index is 4.48. The van der Waals surface area contributed by atoms with Crippen molar-refractivity contribution >= 4 is 23.5 Å². The van der Waals surface area contributed by atoms with Gasteiger partial charge in [0.1, 0.15) is 5.03 Å². The highest BCUT2D eigenvalue weighted by Gasteiger charge is 2.15. The van der Waals surface area contributed by atoms with Gasteiger partial charge in [-0.15, -0.1) is 0 Å². The van der Waals surface area contributed by atoms with E-state index in [1.165, 1.54) is 11.9 Å². The fraction of sp³-hybridized carbons (Fsp3) is 0. The molecule has 0 saturated heterocycles. The summed E-state index contributed by atoms with van der Waals surface area (Å²) in [7, 11) is 0. The lowest BCUT2D eigenvalue weighted by Gasteiger charge is -2.12. The van der Waals surface area contributed by atoms with Crippen LogP contribution in [-0.4, -0.2) is 10.8 Å². The van der Waals surface area contributed by atoms with Gasteiger partial charge < -0.3 is 0 Å². The lowest BCUT2D eigenvalue weighted by Crippen LogP contribution is -2.13. The molecule has 0 unspecified atom stereocenters. The van der Waals surface area contributed by atoms with E-state index >= 15 is 0 Å². The van der Waals surface area contributed by atoms with Crippen LogP contribution in [0.1, 0.15) is 5.56 Å². The number of hydrogen-bond donors (Lipinski definition) is 0. The molecule has 0 aliphatic carbocycles. The number of hydrogen-bond acceptors (Lipinski definition) is 3. The SMILES string of the molecule is c1ccc(C2=Nc3cccnc3S[N]2)cc1. The van der Waals surface area contributed by atoms with Gasteiger partial charge in [-0.05, 0) is 12.1 Å². The number of fused-ring (bicyclic) bond motifs is 1. The van der Waals surface area contributed by atoms with E-state index in [2.05, 4.69) is 14.7 Å². The number of amidine groups is 1. The summed E-state index contributed by atoms with van der Waals surface area (Å²) in [6.45, 7) is 0. The van der Waals surface area contributed by atoms with E-state index in [1.807, 2.05) is 42.5 Å². The molecule has 2 aromatic rings. The van der Waals surface area contributed by atoms with E-state index in [-0.39, 0.29) is 0 Å². The standard InChI is InChI=1S/C12H8N3S/c1-2-5-9(6-3-1)11-14-10-7-4-8-13-12(10)16-15-11/h1-8H. The molecule has 0 N–H and O–H groups in total. The van der Waals surface area contributed by atoms with Crippen molar-refractivity contribution in [2.45, 2.75) is 5.03 Å². The number of nitrogens with zero attached hydrogens (tertiary/aromatic N) is 3. The Hall–Kier alpha value is -1.81. The van der Waals surface area contributed by atoms with E-state index in [0.29, 0.717) is 0 Å². The van der Waals surface area contributed by atoms with Crippen molar-refractivity contribution in [2.24, 2.45) is 4.99 Å². The van der Waals surface area contributed by atoms with Gasteiger partial charge in [0.05, 0.1) is 5.69 Å². The van der Waals surface area contributed by atoms with Gasteiger partial charge in [0.2, 0.25) is 0 Å². The summed E-state index contributed by atoms with van der Waals surface area (Å²) in [6, 6.07) is 13.8. The van der Waals surface area contributed by atoms with Gasteiger partial charge >= 0.3 is 0 Å². The molecule has 16 heavy (non-hydrogen) atoms. The van der Waals surface area contributed by atoms with Gasteiger partial charge in [-0.25, -0.2) is 9.98 Å². The summed E-state index contributed by atoms with van der Waals surface area (Å²) in [5, 5.41) is 0.863. The molecule has 1 radical (unpaired) electrons. The van der Waals surface area contributed by atoms with Gasteiger partial charge in [0.25, 0.3) is 0 Å². The normalized spacial score (nSPS) is 13.6. The highest BCUT2D eigenvalue weighted by molar-refractivity contribution is 7.98. The first-order valence-electron chi connectivity index (χ1n) is 4.91. The molecule has 1 aromatic heterocycles. The molecule has 3 rings (SSSR count). The summed E-state index contributed by atoms with van der Waals surface area (Å²) in [5.41, 5.74) is 1.92. The molecule has 0 fully saturated rings. The smallest absolute Gasteiger partial charge is 0.168 e. The molecule has 0 amide bonds. The minimum atomic E-state index is 0.756. The van der Waals surface area contributed by atoms with E-state index < -0.39 is 0 Å². The van der Waals surface area contributed by atoms with Crippen molar-refractivity contribution in [3.8, 4) is 0 Å². The number of aliphatic imine (C=N–C) groups is 1. The summed E-state index contributed by atoms with van der Waals surface area (Å²) in [6.07, 6.45) is 1.75. The number of rotatable bonds is 1. The third-order valence-corrected chi connectivity index (χ3v) is 2.98. The molecule has 0 saturated carbocycles. The summed E-state index contributed by atoms with van der Waals surface area (Å²) < 4.78 is 4.35. The first-order valence-corrected chi connectivity index (χ1v) is 5.68. The molecule has 0 spiro atoms. The van der Waals surface area contributed by atoms with Crippen LogP contribution in [0.25, 0.3) is 0 Å². The maximum absolute atomic E-state index is 4.48. The van der Waals surface area contributed by atoms with E-state index in [4.69, 9.17) is 0 Å². The van der Waals surface area contributed by atoms with Crippen molar-refractivity contribution in [2.75, 3.05) is 0 Å². The van der Waals surface area contributed by atoms with Crippen molar-refractivity contribution in [3.05, 3.63) is 54.2 Å². The van der Waals surface area contributed by atoms with Gasteiger partial charge in [0.15, 0.2) is 5.84 Å². The van der Waals surface area contributed by atoms with Crippen LogP contribution in [0.3, 0.4) is 0 Å². The van der Waals surface area contributed by atoms with Gasteiger partial charge in [-0.2, -0.15) is 4.72 Å². The van der Waals surface area contributed by atoms with Crippen LogP contribution in [-0.2, 0) is 0 Å². The molecule has 0 bridgehead atoms. The fourth-order valence-corrected chi connectivity index (χ4v) is 2.10. The molecular weight excluding hydrogens is 218 g/mol. The predicted octanol–water partition coefficient (Wildman–Crippen LogP) is 2.79. The molecule has 3 nitrogen and oxygen atoms in total. The first-order chi connectivity index (χ1) is 7.93. The number of pyridine rings is 1. The molecule has 1 aliphatic heterocycles. The van der Waals surface area contributed by atoms with Crippen LogP contribution >= 0.6 is 11.9 Å². The molecule has 1 aliphatic rings. The Morgan fingerprint density at radius 2 is 1.81 bits per heavy atom. The van der Waals surface area contributed by atoms with Crippen LogP contribution < -0.4 is 4.72 Å². The highest BCUT2D eigenvalue weighted by Crippen LogP contribution is 2.30. The van der Waals surface area contributed by atoms with Crippen molar-refractivity contribution < 1.29 is 0 Å². The summed E-state index contributed by atoms with van der Waals surface area (Å²) in [4.78, 5) is 8.69. The zero-order valence-electron chi connectivity index (χ0n) is 8.37. The highest BCUT2D eigenvalue weighted by atomic mass is 32.2. The second-order valence-electron chi connectivity index (χ2n) is 3.31. The largest absolute Gasteiger partial charge is 0.246 e. The van der Waals surface area contributed by atoms with Gasteiger partial charge in [-0.1, -0.05) is 30.3 Å². The average molecular weight is 226 g/mol. The number of benzene rings is 1. The Morgan fingerprint density at radius 1 is 0.938 bits per heavy atom. The Kier molecular flexibility index (Phi) is 2.34. The van der Waals surface area contributed by atoms with Crippen LogP contribution in [0.2, 0.25) is 0 Å². The van der Waals surface area contributed by atoms with Crippen LogP contribution in [0.4, 0.5) is 5.69 Å². The predicted molar refractivity (Wildman–Crippen MR) is 64.9 cm³/mol. The average Bonchev–Trinajstić information content (AvgIpc) is 2.39. The van der Waals surface area contributed by atoms with E-state index in [1.54, 1.807) is 6.20 Å². The Bertz CT molecular complexity index is 537. The summed E-state index contributed by atoms with van der Waals surface area (Å²) in [5.74, 6) is 0.756. The molecule has 77 valence electrons. The van der Waals surface area contributed by atoms with Gasteiger partial charge in [-0.3, -0.25) is 0 Å². The van der Waals surface area contributed by atoms with E-state index in [9.17, 15) is 0 Å². The van der Waals surface area contributed by atoms with Crippen molar-refractivity contribution in [1.29, 1.82) is 0 Å². The third kappa shape index (κ3) is 1.67. The van der Waals surface area contributed by atoms with Crippen molar-refractivity contribution in [3.63, 3.8) is 0 Å². The van der Waals surface area contributed by atoms with Gasteiger partial charge in [0, 0.05) is 23.7 Å². The summed E-state index contributed by atoms with van der Waals surface area (Å²) >= 11 is 1.37. The van der Waals surface area contributed by atoms with Crippen LogP contribution in [0, 0.1) is 0 Å². The lowest BCUT2D eigenvalue weighted by molar-refractivity contribution is 1.10. The van der Waals surface area contributed by atoms with Crippen molar-refractivity contribution in [1.82, 2.24) is 9.71 Å². The van der Waals surface area contributed by atoms with Crippen LogP contribution in [0.15, 0.2) is 58.7 Å². The monoisotopic (exact) mass is 226 g/mol.